The summed E-state index contributed by atoms with van der Waals surface area (Å²) < 4.78 is 10.7. The summed E-state index contributed by atoms with van der Waals surface area (Å²) in [6.45, 7) is 6.42. The van der Waals surface area contributed by atoms with Gasteiger partial charge in [0, 0.05) is 38.5 Å². The highest BCUT2D eigenvalue weighted by molar-refractivity contribution is 5.79. The fraction of sp³-hybridized carbons (Fsp3) is 0.480. The van der Waals surface area contributed by atoms with Crippen molar-refractivity contribution in [2.75, 3.05) is 45.4 Å². The topological polar surface area (TPSA) is 78.4 Å². The molecule has 174 valence electrons. The maximum atomic E-state index is 9.32. The van der Waals surface area contributed by atoms with E-state index in [0.29, 0.717) is 37.1 Å². The summed E-state index contributed by atoms with van der Waals surface area (Å²) in [6, 6.07) is 14.5. The van der Waals surface area contributed by atoms with Crippen molar-refractivity contribution >= 4 is 11.6 Å². The minimum Gasteiger partial charge on any atom is -0.493 e. The molecule has 32 heavy (non-hydrogen) atoms. The molecular formula is C25H36N4O3. The number of hydrogen-bond acceptors (Lipinski definition) is 5. The quantitative estimate of drug-likeness (QED) is 0.411. The number of hydrogen-bond donors (Lipinski definition) is 3. The third-order valence-corrected chi connectivity index (χ3v) is 5.85. The maximum absolute atomic E-state index is 9.32. The SMILES string of the molecule is CCNC(=NCc1ccc(OC)c(OC)c1)NCc1ccc(N2CCC(CO)CC2)cc1. The summed E-state index contributed by atoms with van der Waals surface area (Å²) in [5.41, 5.74) is 3.50. The van der Waals surface area contributed by atoms with Gasteiger partial charge in [0.1, 0.15) is 0 Å². The average molecular weight is 441 g/mol. The molecule has 0 bridgehead atoms. The van der Waals surface area contributed by atoms with Crippen molar-refractivity contribution in [1.82, 2.24) is 10.6 Å². The van der Waals surface area contributed by atoms with Crippen LogP contribution in [-0.4, -0.2) is 51.5 Å². The summed E-state index contributed by atoms with van der Waals surface area (Å²) in [5, 5.41) is 16.0. The molecule has 1 heterocycles. The third-order valence-electron chi connectivity index (χ3n) is 5.85. The molecule has 2 aromatic rings. The van der Waals surface area contributed by atoms with Gasteiger partial charge in [0.05, 0.1) is 20.8 Å². The largest absolute Gasteiger partial charge is 0.493 e. The lowest BCUT2D eigenvalue weighted by Crippen LogP contribution is -2.36. The van der Waals surface area contributed by atoms with Crippen LogP contribution >= 0.6 is 0 Å². The van der Waals surface area contributed by atoms with E-state index < -0.39 is 0 Å². The lowest BCUT2D eigenvalue weighted by Gasteiger charge is -2.33. The van der Waals surface area contributed by atoms with Gasteiger partial charge in [-0.15, -0.1) is 0 Å². The van der Waals surface area contributed by atoms with E-state index in [4.69, 9.17) is 14.5 Å². The Morgan fingerprint density at radius 3 is 2.31 bits per heavy atom. The number of ether oxygens (including phenoxy) is 2. The van der Waals surface area contributed by atoms with Crippen LogP contribution in [0.3, 0.4) is 0 Å². The summed E-state index contributed by atoms with van der Waals surface area (Å²) in [4.78, 5) is 7.11. The van der Waals surface area contributed by atoms with Crippen molar-refractivity contribution in [2.24, 2.45) is 10.9 Å². The number of aliphatic hydroxyl groups is 1. The monoisotopic (exact) mass is 440 g/mol. The van der Waals surface area contributed by atoms with Crippen LogP contribution in [-0.2, 0) is 13.1 Å². The first-order valence-corrected chi connectivity index (χ1v) is 11.3. The molecule has 0 amide bonds. The number of aliphatic imine (C=N–C) groups is 1. The van der Waals surface area contributed by atoms with E-state index in [9.17, 15) is 5.11 Å². The fourth-order valence-corrected chi connectivity index (χ4v) is 3.88. The van der Waals surface area contributed by atoms with Gasteiger partial charge in [0.25, 0.3) is 0 Å². The molecule has 1 aliphatic heterocycles. The van der Waals surface area contributed by atoms with Crippen molar-refractivity contribution in [3.63, 3.8) is 0 Å². The first-order chi connectivity index (χ1) is 15.7. The third kappa shape index (κ3) is 6.53. The van der Waals surface area contributed by atoms with E-state index in [2.05, 4.69) is 46.7 Å². The van der Waals surface area contributed by atoms with E-state index in [1.807, 2.05) is 18.2 Å². The lowest BCUT2D eigenvalue weighted by atomic mass is 9.97. The van der Waals surface area contributed by atoms with E-state index in [1.165, 1.54) is 11.3 Å². The smallest absolute Gasteiger partial charge is 0.191 e. The van der Waals surface area contributed by atoms with Crippen LogP contribution in [0.25, 0.3) is 0 Å². The van der Waals surface area contributed by atoms with Crippen LogP contribution in [0.2, 0.25) is 0 Å². The Labute approximate surface area is 191 Å². The van der Waals surface area contributed by atoms with Crippen LogP contribution in [0.4, 0.5) is 5.69 Å². The molecule has 1 saturated heterocycles. The highest BCUT2D eigenvalue weighted by Crippen LogP contribution is 2.27. The molecule has 0 saturated carbocycles. The van der Waals surface area contributed by atoms with Crippen molar-refractivity contribution in [1.29, 1.82) is 0 Å². The molecule has 3 rings (SSSR count). The van der Waals surface area contributed by atoms with Crippen LogP contribution in [0.15, 0.2) is 47.5 Å². The minimum absolute atomic E-state index is 0.306. The zero-order valence-electron chi connectivity index (χ0n) is 19.4. The van der Waals surface area contributed by atoms with Crippen LogP contribution in [0.5, 0.6) is 11.5 Å². The number of anilines is 1. The number of nitrogens with one attached hydrogen (secondary N) is 2. The van der Waals surface area contributed by atoms with Gasteiger partial charge in [0.2, 0.25) is 0 Å². The van der Waals surface area contributed by atoms with Crippen LogP contribution in [0.1, 0.15) is 30.9 Å². The predicted molar refractivity (Wildman–Crippen MR) is 130 cm³/mol. The Morgan fingerprint density at radius 1 is 1.00 bits per heavy atom. The van der Waals surface area contributed by atoms with Gasteiger partial charge < -0.3 is 30.1 Å². The Kier molecular flexibility index (Phi) is 9.04. The van der Waals surface area contributed by atoms with Crippen LogP contribution < -0.4 is 25.0 Å². The number of piperidine rings is 1. The molecule has 7 heteroatoms. The highest BCUT2D eigenvalue weighted by Gasteiger charge is 2.18. The molecule has 0 spiro atoms. The molecule has 1 fully saturated rings. The van der Waals surface area contributed by atoms with Crippen molar-refractivity contribution in [3.8, 4) is 11.5 Å². The summed E-state index contributed by atoms with van der Waals surface area (Å²) >= 11 is 0. The molecule has 0 aliphatic carbocycles. The molecule has 1 aliphatic rings. The van der Waals surface area contributed by atoms with Gasteiger partial charge in [-0.3, -0.25) is 0 Å². The first-order valence-electron chi connectivity index (χ1n) is 11.3. The summed E-state index contributed by atoms with van der Waals surface area (Å²) in [5.74, 6) is 2.65. The van der Waals surface area contributed by atoms with E-state index in [1.54, 1.807) is 14.2 Å². The molecule has 3 N–H and O–H groups in total. The second-order valence-corrected chi connectivity index (χ2v) is 8.02. The number of guanidine groups is 1. The molecule has 0 aromatic heterocycles. The Bertz CT molecular complexity index is 862. The van der Waals surface area contributed by atoms with Crippen molar-refractivity contribution < 1.29 is 14.6 Å². The number of methoxy groups -OCH3 is 2. The zero-order valence-corrected chi connectivity index (χ0v) is 19.4. The van der Waals surface area contributed by atoms with Crippen LogP contribution in [0, 0.1) is 5.92 Å². The molecule has 0 atom stereocenters. The number of nitrogens with zero attached hydrogens (tertiary/aromatic N) is 2. The number of rotatable bonds is 9. The normalized spacial score (nSPS) is 14.9. The van der Waals surface area contributed by atoms with E-state index in [-0.39, 0.29) is 0 Å². The summed E-state index contributed by atoms with van der Waals surface area (Å²) in [6.07, 6.45) is 2.12. The number of aliphatic hydroxyl groups excluding tert-OH is 1. The number of benzene rings is 2. The molecule has 7 nitrogen and oxygen atoms in total. The highest BCUT2D eigenvalue weighted by atomic mass is 16.5. The Hall–Kier alpha value is -2.93. The van der Waals surface area contributed by atoms with Crippen molar-refractivity contribution in [3.05, 3.63) is 53.6 Å². The van der Waals surface area contributed by atoms with Gasteiger partial charge in [-0.25, -0.2) is 4.99 Å². The minimum atomic E-state index is 0.306. The molecular weight excluding hydrogens is 404 g/mol. The standard InChI is InChI=1S/C25H36N4O3/c1-4-26-25(28-17-21-7-10-23(31-2)24(15-21)32-3)27-16-19-5-8-22(9-6-19)29-13-11-20(18-30)12-14-29/h5-10,15,20,30H,4,11-14,16-18H2,1-3H3,(H2,26,27,28). The van der Waals surface area contributed by atoms with E-state index in [0.717, 1.165) is 44.0 Å². The molecule has 0 radical (unpaired) electrons. The van der Waals surface area contributed by atoms with Gasteiger partial charge in [0.15, 0.2) is 17.5 Å². The second kappa shape index (κ2) is 12.2. The zero-order chi connectivity index (χ0) is 22.8. The van der Waals surface area contributed by atoms with Gasteiger partial charge in [-0.2, -0.15) is 0 Å². The van der Waals surface area contributed by atoms with Crippen molar-refractivity contribution in [2.45, 2.75) is 32.9 Å². The Morgan fingerprint density at radius 2 is 1.69 bits per heavy atom. The molecule has 2 aromatic carbocycles. The predicted octanol–water partition coefficient (Wildman–Crippen LogP) is 3.17. The maximum Gasteiger partial charge on any atom is 0.191 e. The average Bonchev–Trinajstić information content (AvgIpc) is 2.86. The fourth-order valence-electron chi connectivity index (χ4n) is 3.88. The second-order valence-electron chi connectivity index (χ2n) is 8.02. The first kappa shape index (κ1) is 23.7. The van der Waals surface area contributed by atoms with E-state index >= 15 is 0 Å². The summed E-state index contributed by atoms with van der Waals surface area (Å²) in [7, 11) is 3.27. The lowest BCUT2D eigenvalue weighted by molar-refractivity contribution is 0.203. The van der Waals surface area contributed by atoms with Gasteiger partial charge in [-0.1, -0.05) is 18.2 Å². The van der Waals surface area contributed by atoms with Gasteiger partial charge >= 0.3 is 0 Å². The Balaban J connectivity index is 1.56. The molecule has 0 unspecified atom stereocenters. The van der Waals surface area contributed by atoms with Gasteiger partial charge in [-0.05, 0) is 61.1 Å².